The second-order valence-electron chi connectivity index (χ2n) is 7.31. The minimum absolute atomic E-state index is 0.218. The van der Waals surface area contributed by atoms with Gasteiger partial charge in [-0.3, -0.25) is 0 Å². The van der Waals surface area contributed by atoms with E-state index in [0.29, 0.717) is 5.95 Å². The van der Waals surface area contributed by atoms with Gasteiger partial charge in [0.15, 0.2) is 0 Å². The fraction of sp³-hybridized carbons (Fsp3) is 0.333. The largest absolute Gasteiger partial charge is 0.380 e. The molecular weight excluding hydrogens is 376 g/mol. The lowest BCUT2D eigenvalue weighted by Gasteiger charge is -2.21. The average Bonchev–Trinajstić information content (AvgIpc) is 3.29. The summed E-state index contributed by atoms with van der Waals surface area (Å²) >= 11 is 0. The zero-order valence-corrected chi connectivity index (χ0v) is 16.3. The van der Waals surface area contributed by atoms with Gasteiger partial charge >= 0.3 is 0 Å². The molecule has 0 bridgehead atoms. The molecule has 6 nitrogen and oxygen atoms in total. The van der Waals surface area contributed by atoms with E-state index < -0.39 is 11.6 Å². The van der Waals surface area contributed by atoms with Crippen LogP contribution in [0.1, 0.15) is 24.8 Å². The quantitative estimate of drug-likeness (QED) is 0.635. The molecule has 152 valence electrons. The zero-order valence-electron chi connectivity index (χ0n) is 16.3. The van der Waals surface area contributed by atoms with E-state index in [1.165, 1.54) is 23.1 Å². The van der Waals surface area contributed by atoms with Gasteiger partial charge in [0.1, 0.15) is 18.0 Å². The highest BCUT2D eigenvalue weighted by atomic mass is 19.1. The summed E-state index contributed by atoms with van der Waals surface area (Å²) in [4.78, 5) is 4.19. The number of benzene rings is 2. The number of anilines is 3. The highest BCUT2D eigenvalue weighted by Gasteiger charge is 2.26. The Balaban J connectivity index is 1.51. The Morgan fingerprint density at radius 2 is 1.79 bits per heavy atom. The van der Waals surface area contributed by atoms with E-state index in [-0.39, 0.29) is 17.8 Å². The van der Waals surface area contributed by atoms with Gasteiger partial charge < -0.3 is 15.4 Å². The number of hydrogen-bond acceptors (Lipinski definition) is 5. The highest BCUT2D eigenvalue weighted by molar-refractivity contribution is 5.63. The number of hydrogen-bond donors (Lipinski definition) is 2. The fourth-order valence-electron chi connectivity index (χ4n) is 3.77. The van der Waals surface area contributed by atoms with Crippen molar-refractivity contribution in [3.8, 4) is 5.69 Å². The second kappa shape index (κ2) is 8.16. The summed E-state index contributed by atoms with van der Waals surface area (Å²) in [5, 5.41) is 11.0. The number of ether oxygens (including phenoxy) is 1. The molecule has 0 amide bonds. The molecule has 2 atom stereocenters. The van der Waals surface area contributed by atoms with Gasteiger partial charge in [-0.1, -0.05) is 0 Å². The Bertz CT molecular complexity index is 986. The molecule has 2 unspecified atom stereocenters. The molecule has 1 aliphatic carbocycles. The molecule has 1 heterocycles. The molecule has 1 saturated carbocycles. The van der Waals surface area contributed by atoms with E-state index in [0.717, 1.165) is 42.3 Å². The van der Waals surface area contributed by atoms with Crippen molar-refractivity contribution in [3.63, 3.8) is 0 Å². The topological polar surface area (TPSA) is 64.0 Å². The summed E-state index contributed by atoms with van der Waals surface area (Å²) in [6.07, 6.45) is 4.91. The number of nitrogens with one attached hydrogen (secondary N) is 2. The summed E-state index contributed by atoms with van der Waals surface area (Å²) in [5.41, 5.74) is 3.16. The van der Waals surface area contributed by atoms with Crippen LogP contribution in [0.3, 0.4) is 0 Å². The lowest BCUT2D eigenvalue weighted by atomic mass is 10.1. The molecule has 29 heavy (non-hydrogen) atoms. The minimum atomic E-state index is -0.666. The van der Waals surface area contributed by atoms with Crippen molar-refractivity contribution in [2.75, 3.05) is 17.7 Å². The minimum Gasteiger partial charge on any atom is -0.380 e. The van der Waals surface area contributed by atoms with Crippen molar-refractivity contribution >= 4 is 17.3 Å². The first kappa shape index (κ1) is 19.3. The van der Waals surface area contributed by atoms with Gasteiger partial charge in [-0.2, -0.15) is 4.98 Å². The Morgan fingerprint density at radius 1 is 1.03 bits per heavy atom. The van der Waals surface area contributed by atoms with Crippen LogP contribution in [0.25, 0.3) is 5.69 Å². The Labute approximate surface area is 167 Å². The molecule has 0 radical (unpaired) electrons. The van der Waals surface area contributed by atoms with E-state index in [1.54, 1.807) is 7.11 Å². The summed E-state index contributed by atoms with van der Waals surface area (Å²) in [6.45, 7) is 2.01. The first-order chi connectivity index (χ1) is 14.0. The zero-order chi connectivity index (χ0) is 20.4. The van der Waals surface area contributed by atoms with Crippen LogP contribution < -0.4 is 10.6 Å². The summed E-state index contributed by atoms with van der Waals surface area (Å²) < 4.78 is 33.8. The van der Waals surface area contributed by atoms with Gasteiger partial charge in [-0.25, -0.2) is 13.5 Å². The molecule has 0 saturated heterocycles. The third-order valence-electron chi connectivity index (χ3n) is 5.04. The van der Waals surface area contributed by atoms with Gasteiger partial charge in [0.25, 0.3) is 0 Å². The molecule has 0 spiro atoms. The van der Waals surface area contributed by atoms with Crippen LogP contribution in [0, 0.1) is 18.6 Å². The van der Waals surface area contributed by atoms with E-state index in [4.69, 9.17) is 4.74 Å². The molecule has 1 aliphatic rings. The van der Waals surface area contributed by atoms with Gasteiger partial charge in [-0.05, 0) is 62.1 Å². The maximum absolute atomic E-state index is 13.4. The normalized spacial score (nSPS) is 18.8. The van der Waals surface area contributed by atoms with Crippen molar-refractivity contribution in [1.82, 2.24) is 14.8 Å². The molecule has 2 N–H and O–H groups in total. The number of halogens is 2. The van der Waals surface area contributed by atoms with Gasteiger partial charge in [-0.15, -0.1) is 5.10 Å². The fourth-order valence-corrected chi connectivity index (χ4v) is 3.77. The van der Waals surface area contributed by atoms with Crippen molar-refractivity contribution in [2.45, 2.75) is 38.3 Å². The molecule has 2 aromatic carbocycles. The third-order valence-corrected chi connectivity index (χ3v) is 5.04. The summed E-state index contributed by atoms with van der Waals surface area (Å²) in [5.74, 6) is -0.997. The van der Waals surface area contributed by atoms with Crippen LogP contribution in [0.4, 0.5) is 26.1 Å². The number of aromatic nitrogens is 3. The van der Waals surface area contributed by atoms with Crippen molar-refractivity contribution < 1.29 is 13.5 Å². The van der Waals surface area contributed by atoms with Crippen LogP contribution >= 0.6 is 0 Å². The van der Waals surface area contributed by atoms with Crippen molar-refractivity contribution in [2.24, 2.45) is 0 Å². The molecule has 1 aromatic heterocycles. The van der Waals surface area contributed by atoms with Gasteiger partial charge in [0.05, 0.1) is 17.8 Å². The number of nitrogens with zero attached hydrogens (tertiary/aromatic N) is 3. The SMILES string of the molecule is COC1CCCC1Nc1cc(C)cc(Nc2ncn(-c3cc(F)cc(F)c3)n2)c1. The van der Waals surface area contributed by atoms with E-state index in [2.05, 4.69) is 26.8 Å². The first-order valence-electron chi connectivity index (χ1n) is 9.56. The number of methoxy groups -OCH3 is 1. The first-order valence-corrected chi connectivity index (χ1v) is 9.56. The summed E-state index contributed by atoms with van der Waals surface area (Å²) in [7, 11) is 1.75. The smallest absolute Gasteiger partial charge is 0.246 e. The van der Waals surface area contributed by atoms with Crippen LogP contribution in [-0.2, 0) is 4.74 Å². The molecule has 8 heteroatoms. The molecule has 0 aliphatic heterocycles. The monoisotopic (exact) mass is 399 g/mol. The van der Waals surface area contributed by atoms with Gasteiger partial charge in [0, 0.05) is 24.6 Å². The van der Waals surface area contributed by atoms with Crippen LogP contribution in [-0.4, -0.2) is 34.0 Å². The third kappa shape index (κ3) is 4.54. The average molecular weight is 399 g/mol. The standard InChI is InChI=1S/C21H23F2N5O/c1-13-6-16(25-19-4-3-5-20(19)29-2)11-17(7-13)26-21-24-12-28(27-21)18-9-14(22)8-15(23)10-18/h6-12,19-20,25H,3-5H2,1-2H3,(H,26,27). The maximum atomic E-state index is 13.4. The summed E-state index contributed by atoms with van der Waals surface area (Å²) in [6, 6.07) is 9.55. The molecule has 3 aromatic rings. The van der Waals surface area contributed by atoms with E-state index >= 15 is 0 Å². The van der Waals surface area contributed by atoms with Crippen LogP contribution in [0.5, 0.6) is 0 Å². The predicted molar refractivity (Wildman–Crippen MR) is 108 cm³/mol. The molecule has 4 rings (SSSR count). The Hall–Kier alpha value is -3.00. The van der Waals surface area contributed by atoms with Crippen LogP contribution in [0.15, 0.2) is 42.7 Å². The van der Waals surface area contributed by atoms with E-state index in [9.17, 15) is 8.78 Å². The Kier molecular flexibility index (Phi) is 5.44. The number of rotatable bonds is 6. The van der Waals surface area contributed by atoms with Crippen LogP contribution in [0.2, 0.25) is 0 Å². The lowest BCUT2D eigenvalue weighted by Crippen LogP contribution is -2.29. The van der Waals surface area contributed by atoms with Crippen molar-refractivity contribution in [3.05, 3.63) is 59.9 Å². The highest BCUT2D eigenvalue weighted by Crippen LogP contribution is 2.28. The second-order valence-corrected chi connectivity index (χ2v) is 7.31. The number of aryl methyl sites for hydroxylation is 1. The Morgan fingerprint density at radius 3 is 2.55 bits per heavy atom. The lowest BCUT2D eigenvalue weighted by molar-refractivity contribution is 0.101. The molecular formula is C21H23F2N5O. The maximum Gasteiger partial charge on any atom is 0.246 e. The van der Waals surface area contributed by atoms with Crippen molar-refractivity contribution in [1.29, 1.82) is 0 Å². The predicted octanol–water partition coefficient (Wildman–Crippen LogP) is 4.58. The molecule has 1 fully saturated rings. The van der Waals surface area contributed by atoms with Gasteiger partial charge in [0.2, 0.25) is 5.95 Å². The van der Waals surface area contributed by atoms with E-state index in [1.807, 2.05) is 19.1 Å².